The molecule has 0 aliphatic rings. The third kappa shape index (κ3) is 3.22. The number of hydrogen-bond donors (Lipinski definition) is 1. The molecule has 0 saturated heterocycles. The van der Waals surface area contributed by atoms with Crippen molar-refractivity contribution in [1.82, 2.24) is 4.31 Å². The van der Waals surface area contributed by atoms with E-state index in [0.29, 0.717) is 19.6 Å². The Bertz CT molecular complexity index is 248. The van der Waals surface area contributed by atoms with E-state index in [1.165, 1.54) is 4.31 Å². The summed E-state index contributed by atoms with van der Waals surface area (Å²) in [6.45, 7) is 8.42. The molecule has 0 aromatic rings. The Hall–Kier alpha value is -0.130. The molecule has 0 atom stereocenters. The first-order chi connectivity index (χ1) is 6.27. The molecule has 0 heterocycles. The highest BCUT2D eigenvalue weighted by molar-refractivity contribution is 7.90. The maximum Gasteiger partial charge on any atom is 0.219 e. The number of nitrogens with zero attached hydrogens (tertiary/aromatic N) is 1. The van der Waals surface area contributed by atoms with Crippen LogP contribution in [0.3, 0.4) is 0 Å². The lowest BCUT2D eigenvalue weighted by Crippen LogP contribution is -2.45. The number of sulfonamides is 1. The highest BCUT2D eigenvalue weighted by Gasteiger charge is 2.34. The fourth-order valence-corrected chi connectivity index (χ4v) is 2.68. The van der Waals surface area contributed by atoms with Gasteiger partial charge >= 0.3 is 0 Å². The zero-order valence-electron chi connectivity index (χ0n) is 9.58. The Morgan fingerprint density at radius 1 is 1.21 bits per heavy atom. The minimum atomic E-state index is -3.21. The highest BCUT2D eigenvalue weighted by Crippen LogP contribution is 2.19. The van der Waals surface area contributed by atoms with Gasteiger partial charge in [0.25, 0.3) is 0 Å². The molecule has 0 amide bonds. The van der Waals surface area contributed by atoms with Crippen molar-refractivity contribution in [2.24, 2.45) is 5.73 Å². The van der Waals surface area contributed by atoms with Crippen LogP contribution in [0.25, 0.3) is 0 Å². The Balaban J connectivity index is 4.81. The Morgan fingerprint density at radius 3 is 2.00 bits per heavy atom. The second kappa shape index (κ2) is 5.09. The lowest BCUT2D eigenvalue weighted by atomic mass is 10.3. The molecule has 4 nitrogen and oxygen atoms in total. The van der Waals surface area contributed by atoms with Gasteiger partial charge in [-0.25, -0.2) is 12.7 Å². The minimum absolute atomic E-state index is 0.370. The smallest absolute Gasteiger partial charge is 0.219 e. The van der Waals surface area contributed by atoms with Gasteiger partial charge in [0.1, 0.15) is 0 Å². The van der Waals surface area contributed by atoms with Gasteiger partial charge in [-0.3, -0.25) is 0 Å². The molecule has 0 fully saturated rings. The van der Waals surface area contributed by atoms with Crippen LogP contribution in [0, 0.1) is 0 Å². The van der Waals surface area contributed by atoms with Crippen LogP contribution in [0.1, 0.15) is 34.1 Å². The van der Waals surface area contributed by atoms with E-state index in [2.05, 4.69) is 0 Å². The van der Waals surface area contributed by atoms with Crippen molar-refractivity contribution in [3.05, 3.63) is 0 Å². The van der Waals surface area contributed by atoms with Crippen molar-refractivity contribution < 1.29 is 8.42 Å². The molecule has 0 spiro atoms. The molecule has 0 aliphatic heterocycles. The third-order valence-electron chi connectivity index (χ3n) is 1.97. The van der Waals surface area contributed by atoms with E-state index in [0.717, 1.165) is 6.42 Å². The summed E-state index contributed by atoms with van der Waals surface area (Å²) in [6, 6.07) is 0. The van der Waals surface area contributed by atoms with Crippen molar-refractivity contribution in [2.45, 2.75) is 38.9 Å². The van der Waals surface area contributed by atoms with Crippen molar-refractivity contribution >= 4 is 10.0 Å². The molecule has 0 bridgehead atoms. The van der Waals surface area contributed by atoms with Crippen LogP contribution in [0.2, 0.25) is 0 Å². The Labute approximate surface area is 87.5 Å². The fourth-order valence-electron chi connectivity index (χ4n) is 1.13. The number of hydrogen-bond acceptors (Lipinski definition) is 3. The predicted octanol–water partition coefficient (Wildman–Crippen LogP) is 0.785. The number of nitrogens with two attached hydrogens (primary N) is 1. The summed E-state index contributed by atoms with van der Waals surface area (Å²) in [6.07, 6.45) is 0.815. The maximum atomic E-state index is 12.0. The van der Waals surface area contributed by atoms with E-state index >= 15 is 0 Å². The van der Waals surface area contributed by atoms with E-state index in [4.69, 9.17) is 5.73 Å². The average Bonchev–Trinajstić information content (AvgIpc) is 2.02. The zero-order valence-corrected chi connectivity index (χ0v) is 10.4. The highest BCUT2D eigenvalue weighted by atomic mass is 32.2. The lowest BCUT2D eigenvalue weighted by molar-refractivity contribution is 0.400. The Kier molecular flexibility index (Phi) is 5.05. The molecule has 0 aliphatic carbocycles. The fraction of sp³-hybridized carbons (Fsp3) is 1.00. The van der Waals surface area contributed by atoms with Crippen LogP contribution in [0.4, 0.5) is 0 Å². The molecule has 0 unspecified atom stereocenters. The van der Waals surface area contributed by atoms with Gasteiger partial charge in [-0.15, -0.1) is 0 Å². The molecule has 0 saturated carbocycles. The van der Waals surface area contributed by atoms with E-state index in [1.807, 2.05) is 6.92 Å². The van der Waals surface area contributed by atoms with Crippen molar-refractivity contribution in [3.8, 4) is 0 Å². The standard InChI is InChI=1S/C9H22N2O2S/c1-5-7-11(8-6-10)14(12,13)9(2,3)4/h5-8,10H2,1-4H3. The monoisotopic (exact) mass is 222 g/mol. The van der Waals surface area contributed by atoms with Gasteiger partial charge < -0.3 is 5.73 Å². The van der Waals surface area contributed by atoms with Crippen molar-refractivity contribution in [3.63, 3.8) is 0 Å². The summed E-state index contributed by atoms with van der Waals surface area (Å²) in [5.74, 6) is 0. The number of rotatable bonds is 5. The van der Waals surface area contributed by atoms with E-state index in [9.17, 15) is 8.42 Å². The summed E-state index contributed by atoms with van der Waals surface area (Å²) in [7, 11) is -3.21. The third-order valence-corrected chi connectivity index (χ3v) is 4.56. The predicted molar refractivity (Wildman–Crippen MR) is 59.6 cm³/mol. The molecule has 0 rings (SSSR count). The SMILES string of the molecule is CCCN(CCN)S(=O)(=O)C(C)(C)C. The van der Waals surface area contributed by atoms with Crippen LogP contribution in [-0.4, -0.2) is 37.1 Å². The van der Waals surface area contributed by atoms with Gasteiger partial charge in [-0.2, -0.15) is 0 Å². The van der Waals surface area contributed by atoms with E-state index < -0.39 is 14.8 Å². The van der Waals surface area contributed by atoms with Crippen LogP contribution >= 0.6 is 0 Å². The molecule has 0 aromatic heterocycles. The quantitative estimate of drug-likeness (QED) is 0.748. The zero-order chi connectivity index (χ0) is 11.4. The van der Waals surface area contributed by atoms with E-state index in [-0.39, 0.29) is 0 Å². The van der Waals surface area contributed by atoms with Crippen LogP contribution in [0.15, 0.2) is 0 Å². The molecule has 86 valence electrons. The largest absolute Gasteiger partial charge is 0.329 e. The molecule has 5 heteroatoms. The van der Waals surface area contributed by atoms with Crippen LogP contribution in [-0.2, 0) is 10.0 Å². The molecule has 2 N–H and O–H groups in total. The average molecular weight is 222 g/mol. The summed E-state index contributed by atoms with van der Waals surface area (Å²) in [4.78, 5) is 0. The van der Waals surface area contributed by atoms with Crippen molar-refractivity contribution in [1.29, 1.82) is 0 Å². The van der Waals surface area contributed by atoms with Gasteiger partial charge in [0.15, 0.2) is 0 Å². The topological polar surface area (TPSA) is 63.4 Å². The first kappa shape index (κ1) is 13.9. The second-order valence-electron chi connectivity index (χ2n) is 4.31. The summed E-state index contributed by atoms with van der Waals surface area (Å²) in [5.41, 5.74) is 5.39. The first-order valence-corrected chi connectivity index (χ1v) is 6.41. The first-order valence-electron chi connectivity index (χ1n) is 4.97. The van der Waals surface area contributed by atoms with E-state index in [1.54, 1.807) is 20.8 Å². The molecule has 0 aromatic carbocycles. The second-order valence-corrected chi connectivity index (χ2v) is 7.00. The van der Waals surface area contributed by atoms with Gasteiger partial charge in [-0.1, -0.05) is 6.92 Å². The van der Waals surface area contributed by atoms with Crippen molar-refractivity contribution in [2.75, 3.05) is 19.6 Å². The minimum Gasteiger partial charge on any atom is -0.329 e. The summed E-state index contributed by atoms with van der Waals surface area (Å²) < 4.78 is 24.7. The molecular weight excluding hydrogens is 200 g/mol. The normalized spacial score (nSPS) is 13.6. The van der Waals surface area contributed by atoms with Gasteiger partial charge in [0.05, 0.1) is 4.75 Å². The molecule has 0 radical (unpaired) electrons. The van der Waals surface area contributed by atoms with Gasteiger partial charge in [-0.05, 0) is 27.2 Å². The lowest BCUT2D eigenvalue weighted by Gasteiger charge is -2.29. The van der Waals surface area contributed by atoms with Gasteiger partial charge in [0.2, 0.25) is 10.0 Å². The van der Waals surface area contributed by atoms with Crippen LogP contribution < -0.4 is 5.73 Å². The molecule has 14 heavy (non-hydrogen) atoms. The maximum absolute atomic E-state index is 12.0. The molecular formula is C9H22N2O2S. The van der Waals surface area contributed by atoms with Crippen LogP contribution in [0.5, 0.6) is 0 Å². The Morgan fingerprint density at radius 2 is 1.71 bits per heavy atom. The summed E-state index contributed by atoms with van der Waals surface area (Å²) >= 11 is 0. The van der Waals surface area contributed by atoms with Gasteiger partial charge in [0, 0.05) is 19.6 Å². The summed E-state index contributed by atoms with van der Waals surface area (Å²) in [5, 5.41) is 0.